The number of hydrogen-bond donors (Lipinski definition) is 1. The zero-order chi connectivity index (χ0) is 22.1. The summed E-state index contributed by atoms with van der Waals surface area (Å²) in [5, 5.41) is 3.69. The van der Waals surface area contributed by atoms with Crippen molar-refractivity contribution >= 4 is 27.5 Å². The van der Waals surface area contributed by atoms with Crippen LogP contribution in [-0.4, -0.2) is 41.0 Å². The maximum absolute atomic E-state index is 13.2. The predicted molar refractivity (Wildman–Crippen MR) is 117 cm³/mol. The monoisotopic (exact) mass is 437 g/mol. The van der Waals surface area contributed by atoms with Crippen LogP contribution in [0.25, 0.3) is 10.2 Å². The maximum atomic E-state index is 13.2. The zero-order valence-corrected chi connectivity index (χ0v) is 19.2. The average molecular weight is 438 g/mol. The molecule has 2 aromatic rings. The lowest BCUT2D eigenvalue weighted by atomic mass is 9.93. The molecule has 1 N–H and O–H groups in total. The molecule has 166 valence electrons. The van der Waals surface area contributed by atoms with Gasteiger partial charge < -0.3 is 14.8 Å². The molecule has 8 nitrogen and oxygen atoms in total. The van der Waals surface area contributed by atoms with Gasteiger partial charge in [-0.3, -0.25) is 18.7 Å². The molecule has 1 fully saturated rings. The molecule has 0 aliphatic heterocycles. The lowest BCUT2D eigenvalue weighted by molar-refractivity contribution is -0.153. The highest BCUT2D eigenvalue weighted by Crippen LogP contribution is 2.32. The predicted octanol–water partition coefficient (Wildman–Crippen LogP) is 2.34. The summed E-state index contributed by atoms with van der Waals surface area (Å²) in [6.07, 6.45) is 2.76. The second-order valence-electron chi connectivity index (χ2n) is 8.71. The van der Waals surface area contributed by atoms with Crippen molar-refractivity contribution in [1.82, 2.24) is 14.5 Å². The normalized spacial score (nSPS) is 14.8. The molecule has 30 heavy (non-hydrogen) atoms. The first kappa shape index (κ1) is 22.7. The first-order valence-corrected chi connectivity index (χ1v) is 11.1. The Labute approximate surface area is 179 Å². The smallest absolute Gasteiger partial charge is 0.332 e. The van der Waals surface area contributed by atoms with Gasteiger partial charge in [-0.1, -0.05) is 0 Å². The molecule has 0 unspecified atom stereocenters. The number of nitrogens with zero attached hydrogens (tertiary/aromatic N) is 2. The van der Waals surface area contributed by atoms with Crippen molar-refractivity contribution in [3.8, 4) is 0 Å². The minimum Gasteiger partial charge on any atom is -0.459 e. The number of aryl methyl sites for hydroxylation is 1. The number of methoxy groups -OCH3 is 1. The molecule has 9 heteroatoms. The Morgan fingerprint density at radius 3 is 2.53 bits per heavy atom. The van der Waals surface area contributed by atoms with Crippen LogP contribution in [-0.2, 0) is 27.4 Å². The lowest BCUT2D eigenvalue weighted by Gasteiger charge is -2.27. The van der Waals surface area contributed by atoms with Crippen LogP contribution in [0.1, 0.15) is 56.5 Å². The van der Waals surface area contributed by atoms with Crippen LogP contribution in [0.4, 0.5) is 0 Å². The van der Waals surface area contributed by atoms with Crippen molar-refractivity contribution in [2.24, 2.45) is 0 Å². The number of rotatable bonds is 8. The number of carbonyl (C=O) groups excluding carboxylic acids is 1. The van der Waals surface area contributed by atoms with Gasteiger partial charge in [-0.15, -0.1) is 11.3 Å². The quantitative estimate of drug-likeness (QED) is 0.638. The fraction of sp³-hybridized carbons (Fsp3) is 0.667. The Balaban J connectivity index is 1.93. The van der Waals surface area contributed by atoms with Gasteiger partial charge in [0.05, 0.1) is 25.1 Å². The number of esters is 1. The zero-order valence-electron chi connectivity index (χ0n) is 18.4. The molecule has 1 saturated carbocycles. The van der Waals surface area contributed by atoms with Crippen molar-refractivity contribution in [1.29, 1.82) is 0 Å². The minimum absolute atomic E-state index is 0.0174. The molecular weight excluding hydrogens is 406 g/mol. The molecule has 0 saturated heterocycles. The van der Waals surface area contributed by atoms with E-state index in [0.717, 1.165) is 29.7 Å². The Hall–Kier alpha value is -1.97. The maximum Gasteiger partial charge on any atom is 0.332 e. The van der Waals surface area contributed by atoms with Crippen molar-refractivity contribution in [2.45, 2.75) is 71.7 Å². The van der Waals surface area contributed by atoms with Crippen LogP contribution in [0.2, 0.25) is 0 Å². The van der Waals surface area contributed by atoms with E-state index in [1.807, 2.05) is 27.7 Å². The Morgan fingerprint density at radius 1 is 1.27 bits per heavy atom. The van der Waals surface area contributed by atoms with Gasteiger partial charge in [0.1, 0.15) is 10.4 Å². The summed E-state index contributed by atoms with van der Waals surface area (Å²) in [6.45, 7) is 8.67. The van der Waals surface area contributed by atoms with Crippen molar-refractivity contribution in [2.75, 3.05) is 20.3 Å². The summed E-state index contributed by atoms with van der Waals surface area (Å²) in [5.41, 5.74) is -0.142. The molecule has 0 radical (unpaired) electrons. The van der Waals surface area contributed by atoms with E-state index in [1.54, 1.807) is 11.7 Å². The second-order valence-corrected chi connectivity index (χ2v) is 9.79. The Kier molecular flexibility index (Phi) is 6.84. The molecule has 1 aliphatic rings. The van der Waals surface area contributed by atoms with Gasteiger partial charge in [-0.2, -0.15) is 0 Å². The number of ether oxygens (including phenoxy) is 2. The molecule has 1 aliphatic carbocycles. The Morgan fingerprint density at radius 2 is 1.97 bits per heavy atom. The van der Waals surface area contributed by atoms with Crippen LogP contribution in [0.5, 0.6) is 0 Å². The summed E-state index contributed by atoms with van der Waals surface area (Å²) in [5.74, 6) is -0.328. The van der Waals surface area contributed by atoms with Gasteiger partial charge in [0.15, 0.2) is 0 Å². The van der Waals surface area contributed by atoms with E-state index in [-0.39, 0.29) is 29.8 Å². The largest absolute Gasteiger partial charge is 0.459 e. The Bertz CT molecular complexity index is 1040. The fourth-order valence-corrected chi connectivity index (χ4v) is 4.87. The number of hydrogen-bond acceptors (Lipinski definition) is 7. The topological polar surface area (TPSA) is 91.6 Å². The van der Waals surface area contributed by atoms with Gasteiger partial charge in [-0.25, -0.2) is 4.79 Å². The van der Waals surface area contributed by atoms with Crippen LogP contribution in [0.3, 0.4) is 0 Å². The van der Waals surface area contributed by atoms with E-state index in [2.05, 4.69) is 5.32 Å². The van der Waals surface area contributed by atoms with Gasteiger partial charge >= 0.3 is 11.7 Å². The summed E-state index contributed by atoms with van der Waals surface area (Å²) < 4.78 is 13.6. The third-order valence-corrected chi connectivity index (χ3v) is 6.59. The molecule has 2 aromatic heterocycles. The fourth-order valence-electron chi connectivity index (χ4n) is 3.58. The molecule has 0 aromatic carbocycles. The van der Waals surface area contributed by atoms with Crippen LogP contribution in [0, 0.1) is 6.92 Å². The highest BCUT2D eigenvalue weighted by Gasteiger charge is 2.27. The standard InChI is InChI=1S/C21H31N3O5S/c1-13-15(11-22-12-16(25)29-21(2,3)4)30-19-17(13)18(26)24(14-7-6-8-14)20(27)23(19)9-10-28-5/h14,22H,6-12H2,1-5H3. The number of fused-ring (bicyclic) bond motifs is 1. The van der Waals surface area contributed by atoms with Gasteiger partial charge in [0.2, 0.25) is 0 Å². The molecular formula is C21H31N3O5S. The van der Waals surface area contributed by atoms with Crippen molar-refractivity contribution in [3.63, 3.8) is 0 Å². The third kappa shape index (κ3) is 4.68. The molecule has 0 spiro atoms. The lowest BCUT2D eigenvalue weighted by Crippen LogP contribution is -2.44. The summed E-state index contributed by atoms with van der Waals surface area (Å²) in [7, 11) is 1.59. The van der Waals surface area contributed by atoms with Crippen molar-refractivity contribution in [3.05, 3.63) is 31.3 Å². The summed E-state index contributed by atoms with van der Waals surface area (Å²) in [6, 6.07) is -0.0174. The van der Waals surface area contributed by atoms with E-state index in [4.69, 9.17) is 9.47 Å². The molecule has 0 amide bonds. The highest BCUT2D eigenvalue weighted by molar-refractivity contribution is 7.18. The summed E-state index contributed by atoms with van der Waals surface area (Å²) in [4.78, 5) is 39.9. The molecule has 2 heterocycles. The number of carbonyl (C=O) groups is 1. The average Bonchev–Trinajstić information content (AvgIpc) is 2.92. The van der Waals surface area contributed by atoms with E-state index < -0.39 is 5.60 Å². The molecule has 0 bridgehead atoms. The summed E-state index contributed by atoms with van der Waals surface area (Å²) >= 11 is 1.42. The second kappa shape index (κ2) is 9.03. The number of thiophene rings is 1. The van der Waals surface area contributed by atoms with Gasteiger partial charge in [0.25, 0.3) is 5.56 Å². The van der Waals surface area contributed by atoms with E-state index >= 15 is 0 Å². The number of nitrogens with one attached hydrogen (secondary N) is 1. The van der Waals surface area contributed by atoms with Gasteiger partial charge in [-0.05, 0) is 52.5 Å². The molecule has 0 atom stereocenters. The van der Waals surface area contributed by atoms with Crippen LogP contribution in [0.15, 0.2) is 9.59 Å². The number of aromatic nitrogens is 2. The van der Waals surface area contributed by atoms with Crippen molar-refractivity contribution < 1.29 is 14.3 Å². The molecule has 3 rings (SSSR count). The van der Waals surface area contributed by atoms with Crippen LogP contribution >= 0.6 is 11.3 Å². The third-order valence-electron chi connectivity index (χ3n) is 5.28. The van der Waals surface area contributed by atoms with Crippen LogP contribution < -0.4 is 16.6 Å². The van der Waals surface area contributed by atoms with E-state index in [9.17, 15) is 14.4 Å². The highest BCUT2D eigenvalue weighted by atomic mass is 32.1. The first-order valence-electron chi connectivity index (χ1n) is 10.3. The van der Waals surface area contributed by atoms with E-state index in [0.29, 0.717) is 29.9 Å². The SMILES string of the molecule is COCCn1c(=O)n(C2CCC2)c(=O)c2c(C)c(CNCC(=O)OC(C)(C)C)sc21. The van der Waals surface area contributed by atoms with Gasteiger partial charge in [0, 0.05) is 24.6 Å². The first-order chi connectivity index (χ1) is 14.1. The minimum atomic E-state index is -0.531. The van der Waals surface area contributed by atoms with E-state index in [1.165, 1.54) is 15.9 Å².